The number of non-ortho nitro benzene ring substituents is 1. The molecular weight excluding hydrogens is 330 g/mol. The second kappa shape index (κ2) is 7.88. The van der Waals surface area contributed by atoms with Crippen LogP contribution in [0.2, 0.25) is 0 Å². The summed E-state index contributed by atoms with van der Waals surface area (Å²) < 4.78 is 0. The van der Waals surface area contributed by atoms with Crippen molar-refractivity contribution in [3.63, 3.8) is 0 Å². The lowest BCUT2D eigenvalue weighted by Crippen LogP contribution is -2.50. The highest BCUT2D eigenvalue weighted by Crippen LogP contribution is 2.32. The van der Waals surface area contributed by atoms with Gasteiger partial charge in [-0.2, -0.15) is 0 Å². The maximum atomic E-state index is 11.8. The molecule has 0 aliphatic carbocycles. The molecule has 1 saturated heterocycles. The van der Waals surface area contributed by atoms with Crippen LogP contribution in [0.4, 0.5) is 17.1 Å². The lowest BCUT2D eigenvalue weighted by Gasteiger charge is -2.35. The van der Waals surface area contributed by atoms with Gasteiger partial charge < -0.3 is 10.2 Å². The summed E-state index contributed by atoms with van der Waals surface area (Å²) in [6.07, 6.45) is 0. The fourth-order valence-corrected chi connectivity index (χ4v) is 2.76. The molecule has 1 amide bonds. The summed E-state index contributed by atoms with van der Waals surface area (Å²) in [6.45, 7) is 6.25. The van der Waals surface area contributed by atoms with Crippen LogP contribution in [0.25, 0.3) is 0 Å². The Hall–Kier alpha value is -2.75. The Bertz CT molecular complexity index is 670. The van der Waals surface area contributed by atoms with Crippen LogP contribution in [0.1, 0.15) is 13.8 Å². The lowest BCUT2D eigenvalue weighted by atomic mass is 10.2. The van der Waals surface area contributed by atoms with Crippen molar-refractivity contribution in [2.75, 3.05) is 37.6 Å². The Labute approximate surface area is 144 Å². The van der Waals surface area contributed by atoms with Crippen molar-refractivity contribution in [3.8, 4) is 0 Å². The standard InChI is InChI=1S/C15H21N5O5/c1-11(2)16-15(21)10-17-5-7-18(8-6-17)13-4-3-12(19(22)23)9-14(13)20(24)25/h3-4,9,11H,5-8,10H2,1-2H3,(H,16,21). The highest BCUT2D eigenvalue weighted by Gasteiger charge is 2.26. The molecule has 1 N–H and O–H groups in total. The van der Waals surface area contributed by atoms with Gasteiger partial charge in [0.25, 0.3) is 11.4 Å². The van der Waals surface area contributed by atoms with Crippen LogP contribution in [0.15, 0.2) is 18.2 Å². The predicted octanol–water partition coefficient (Wildman–Crippen LogP) is 1.15. The molecular formula is C15H21N5O5. The van der Waals surface area contributed by atoms with Gasteiger partial charge in [-0.25, -0.2) is 0 Å². The third-order valence-electron chi connectivity index (χ3n) is 3.90. The van der Waals surface area contributed by atoms with Gasteiger partial charge in [0.1, 0.15) is 5.69 Å². The Morgan fingerprint density at radius 1 is 1.16 bits per heavy atom. The number of piperazine rings is 1. The number of anilines is 1. The molecule has 0 aromatic heterocycles. The summed E-state index contributed by atoms with van der Waals surface area (Å²) >= 11 is 0. The number of hydrogen-bond acceptors (Lipinski definition) is 7. The van der Waals surface area contributed by atoms with E-state index in [0.29, 0.717) is 31.9 Å². The fourth-order valence-electron chi connectivity index (χ4n) is 2.76. The molecule has 1 fully saturated rings. The number of nitro benzene ring substituents is 2. The quantitative estimate of drug-likeness (QED) is 0.602. The minimum Gasteiger partial charge on any atom is -0.363 e. The Balaban J connectivity index is 2.04. The van der Waals surface area contributed by atoms with Gasteiger partial charge in [0.05, 0.1) is 22.5 Å². The van der Waals surface area contributed by atoms with Gasteiger partial charge in [0.2, 0.25) is 5.91 Å². The zero-order valence-electron chi connectivity index (χ0n) is 14.2. The number of nitro groups is 2. The summed E-state index contributed by atoms with van der Waals surface area (Å²) in [7, 11) is 0. The van der Waals surface area contributed by atoms with Gasteiger partial charge in [0, 0.05) is 38.3 Å². The topological polar surface area (TPSA) is 122 Å². The van der Waals surface area contributed by atoms with Crippen molar-refractivity contribution in [2.24, 2.45) is 0 Å². The van der Waals surface area contributed by atoms with Gasteiger partial charge in [-0.05, 0) is 19.9 Å². The molecule has 0 atom stereocenters. The van der Waals surface area contributed by atoms with Crippen LogP contribution in [-0.2, 0) is 4.79 Å². The number of benzene rings is 1. The van der Waals surface area contributed by atoms with Crippen molar-refractivity contribution >= 4 is 23.0 Å². The number of rotatable bonds is 6. The lowest BCUT2D eigenvalue weighted by molar-refractivity contribution is -0.393. The van der Waals surface area contributed by atoms with E-state index in [1.54, 1.807) is 0 Å². The summed E-state index contributed by atoms with van der Waals surface area (Å²) in [4.78, 5) is 36.4. The summed E-state index contributed by atoms with van der Waals surface area (Å²) in [5, 5.41) is 24.9. The van der Waals surface area contributed by atoms with E-state index in [1.807, 2.05) is 23.6 Å². The molecule has 10 nitrogen and oxygen atoms in total. The molecule has 1 aliphatic rings. The van der Waals surface area contributed by atoms with Gasteiger partial charge in [-0.3, -0.25) is 29.9 Å². The van der Waals surface area contributed by atoms with Crippen LogP contribution in [0.5, 0.6) is 0 Å². The molecule has 1 aliphatic heterocycles. The van der Waals surface area contributed by atoms with E-state index in [4.69, 9.17) is 0 Å². The molecule has 0 radical (unpaired) electrons. The first kappa shape index (κ1) is 18.6. The molecule has 0 saturated carbocycles. The van der Waals surface area contributed by atoms with Crippen molar-refractivity contribution in [1.29, 1.82) is 0 Å². The van der Waals surface area contributed by atoms with E-state index in [2.05, 4.69) is 5.32 Å². The first-order valence-electron chi connectivity index (χ1n) is 7.97. The molecule has 2 rings (SSSR count). The van der Waals surface area contributed by atoms with E-state index in [-0.39, 0.29) is 29.9 Å². The summed E-state index contributed by atoms with van der Waals surface area (Å²) in [6, 6.07) is 3.75. The zero-order chi connectivity index (χ0) is 18.6. The van der Waals surface area contributed by atoms with E-state index in [9.17, 15) is 25.0 Å². The number of amides is 1. The van der Waals surface area contributed by atoms with E-state index >= 15 is 0 Å². The molecule has 0 bridgehead atoms. The fraction of sp³-hybridized carbons (Fsp3) is 0.533. The maximum absolute atomic E-state index is 11.8. The van der Waals surface area contributed by atoms with E-state index in [1.165, 1.54) is 12.1 Å². The predicted molar refractivity (Wildman–Crippen MR) is 91.7 cm³/mol. The second-order valence-electron chi connectivity index (χ2n) is 6.17. The molecule has 136 valence electrons. The molecule has 0 unspecified atom stereocenters. The van der Waals surface area contributed by atoms with Crippen LogP contribution in [0.3, 0.4) is 0 Å². The number of nitrogens with one attached hydrogen (secondary N) is 1. The minimum absolute atomic E-state index is 0.0511. The van der Waals surface area contributed by atoms with Gasteiger partial charge in [0.15, 0.2) is 0 Å². The normalized spacial score (nSPS) is 15.2. The Morgan fingerprint density at radius 3 is 2.32 bits per heavy atom. The monoisotopic (exact) mass is 351 g/mol. The molecule has 1 aromatic rings. The van der Waals surface area contributed by atoms with Crippen LogP contribution < -0.4 is 10.2 Å². The zero-order valence-corrected chi connectivity index (χ0v) is 14.2. The first-order valence-corrected chi connectivity index (χ1v) is 7.97. The highest BCUT2D eigenvalue weighted by molar-refractivity contribution is 5.78. The number of nitrogens with zero attached hydrogens (tertiary/aromatic N) is 4. The van der Waals surface area contributed by atoms with Crippen molar-refractivity contribution in [2.45, 2.75) is 19.9 Å². The number of carbonyl (C=O) groups excluding carboxylic acids is 1. The van der Waals surface area contributed by atoms with Crippen LogP contribution in [-0.4, -0.2) is 59.4 Å². The van der Waals surface area contributed by atoms with Crippen molar-refractivity contribution in [1.82, 2.24) is 10.2 Å². The van der Waals surface area contributed by atoms with Crippen LogP contribution >= 0.6 is 0 Å². The second-order valence-corrected chi connectivity index (χ2v) is 6.17. The van der Waals surface area contributed by atoms with Crippen molar-refractivity contribution < 1.29 is 14.6 Å². The molecule has 10 heteroatoms. The molecule has 25 heavy (non-hydrogen) atoms. The van der Waals surface area contributed by atoms with Crippen molar-refractivity contribution in [3.05, 3.63) is 38.4 Å². The smallest absolute Gasteiger partial charge is 0.299 e. The van der Waals surface area contributed by atoms with Gasteiger partial charge in [-0.15, -0.1) is 0 Å². The largest absolute Gasteiger partial charge is 0.363 e. The molecule has 0 spiro atoms. The number of carbonyl (C=O) groups is 1. The van der Waals surface area contributed by atoms with E-state index in [0.717, 1.165) is 6.07 Å². The minimum atomic E-state index is -0.651. The number of hydrogen-bond donors (Lipinski definition) is 1. The van der Waals surface area contributed by atoms with Crippen LogP contribution in [0, 0.1) is 20.2 Å². The third kappa shape index (κ3) is 4.86. The highest BCUT2D eigenvalue weighted by atomic mass is 16.6. The maximum Gasteiger partial charge on any atom is 0.299 e. The Morgan fingerprint density at radius 2 is 1.80 bits per heavy atom. The SMILES string of the molecule is CC(C)NC(=O)CN1CCN(c2ccc([N+](=O)[O-])cc2[N+](=O)[O-])CC1. The third-order valence-corrected chi connectivity index (χ3v) is 3.90. The van der Waals surface area contributed by atoms with E-state index < -0.39 is 9.85 Å². The Kier molecular flexibility index (Phi) is 5.86. The average Bonchev–Trinajstić information content (AvgIpc) is 2.54. The van der Waals surface area contributed by atoms with Gasteiger partial charge in [-0.1, -0.05) is 0 Å². The summed E-state index contributed by atoms with van der Waals surface area (Å²) in [5.74, 6) is -0.0511. The average molecular weight is 351 g/mol. The molecule has 1 heterocycles. The first-order chi connectivity index (χ1) is 11.8. The summed E-state index contributed by atoms with van der Waals surface area (Å²) in [5.41, 5.74) is -0.221. The van der Waals surface area contributed by atoms with Gasteiger partial charge >= 0.3 is 0 Å². The molecule has 1 aromatic carbocycles.